The van der Waals surface area contributed by atoms with E-state index in [9.17, 15) is 24.3 Å². The molecule has 2 aliphatic heterocycles. The van der Waals surface area contributed by atoms with Gasteiger partial charge in [-0.05, 0) is 49.7 Å². The predicted molar refractivity (Wildman–Crippen MR) is 95.1 cm³/mol. The topological polar surface area (TPSA) is 111 Å². The number of carboxylic acid groups (broad SMARTS) is 1. The second-order valence-electron chi connectivity index (χ2n) is 8.00. The molecule has 8 heteroatoms. The first-order valence-electron chi connectivity index (χ1n) is 9.40. The molecule has 2 saturated heterocycles. The van der Waals surface area contributed by atoms with E-state index < -0.39 is 17.6 Å². The molecule has 0 unspecified atom stereocenters. The van der Waals surface area contributed by atoms with Crippen LogP contribution in [0.4, 0.5) is 0 Å². The number of likely N-dealkylation sites (tertiary alicyclic amines) is 2. The molecule has 8 nitrogen and oxygen atoms in total. The van der Waals surface area contributed by atoms with E-state index in [4.69, 9.17) is 0 Å². The molecule has 3 fully saturated rings. The summed E-state index contributed by atoms with van der Waals surface area (Å²) in [7, 11) is 0. The van der Waals surface area contributed by atoms with Crippen molar-refractivity contribution in [3.8, 4) is 0 Å². The molecule has 0 aromatic carbocycles. The maximum Gasteiger partial charge on any atom is 0.326 e. The number of nitrogens with one attached hydrogen (secondary N) is 1. The highest BCUT2D eigenvalue weighted by atomic mass is 16.4. The van der Waals surface area contributed by atoms with Gasteiger partial charge in [0.15, 0.2) is 0 Å². The van der Waals surface area contributed by atoms with Crippen molar-refractivity contribution in [2.75, 3.05) is 19.6 Å². The van der Waals surface area contributed by atoms with Crippen molar-refractivity contribution in [2.24, 2.45) is 11.3 Å². The van der Waals surface area contributed by atoms with Crippen molar-refractivity contribution in [3.05, 3.63) is 34.2 Å². The molecule has 1 atom stereocenters. The lowest BCUT2D eigenvalue weighted by molar-refractivity contribution is -0.148. The second-order valence-corrected chi connectivity index (χ2v) is 8.00. The average molecular weight is 373 g/mol. The number of pyridine rings is 1. The molecular formula is C19H23N3O5. The zero-order chi connectivity index (χ0) is 19.2. The summed E-state index contributed by atoms with van der Waals surface area (Å²) in [5.74, 6) is -1.29. The number of aromatic nitrogens is 1. The van der Waals surface area contributed by atoms with Crippen LogP contribution < -0.4 is 5.56 Å². The molecule has 1 aliphatic carbocycles. The quantitative estimate of drug-likeness (QED) is 0.810. The van der Waals surface area contributed by atoms with Crippen LogP contribution in [0.2, 0.25) is 0 Å². The predicted octanol–water partition coefficient (Wildman–Crippen LogP) is 0.693. The zero-order valence-electron chi connectivity index (χ0n) is 15.0. The van der Waals surface area contributed by atoms with Crippen LogP contribution in [-0.4, -0.2) is 63.4 Å². The molecule has 144 valence electrons. The number of hydrogen-bond acceptors (Lipinski definition) is 4. The third-order valence-electron chi connectivity index (χ3n) is 6.16. The van der Waals surface area contributed by atoms with Gasteiger partial charge in [0.1, 0.15) is 11.6 Å². The van der Waals surface area contributed by atoms with E-state index in [0.717, 1.165) is 12.8 Å². The minimum atomic E-state index is -0.949. The third kappa shape index (κ3) is 3.24. The Morgan fingerprint density at radius 2 is 1.89 bits per heavy atom. The fourth-order valence-electron chi connectivity index (χ4n) is 4.38. The van der Waals surface area contributed by atoms with E-state index in [-0.39, 0.29) is 28.7 Å². The van der Waals surface area contributed by atoms with Gasteiger partial charge in [0.2, 0.25) is 5.91 Å². The summed E-state index contributed by atoms with van der Waals surface area (Å²) in [4.78, 5) is 54.4. The van der Waals surface area contributed by atoms with Crippen molar-refractivity contribution in [3.63, 3.8) is 0 Å². The summed E-state index contributed by atoms with van der Waals surface area (Å²) in [6.45, 7) is 1.38. The van der Waals surface area contributed by atoms with Crippen molar-refractivity contribution in [2.45, 2.75) is 38.1 Å². The van der Waals surface area contributed by atoms with Gasteiger partial charge in [-0.15, -0.1) is 0 Å². The van der Waals surface area contributed by atoms with Crippen molar-refractivity contribution >= 4 is 17.8 Å². The first-order valence-corrected chi connectivity index (χ1v) is 9.40. The molecule has 0 bridgehead atoms. The molecule has 2 N–H and O–H groups in total. The number of H-pyrrole nitrogens is 1. The summed E-state index contributed by atoms with van der Waals surface area (Å²) in [5.41, 5.74) is -0.544. The summed E-state index contributed by atoms with van der Waals surface area (Å²) < 4.78 is 0. The Morgan fingerprint density at radius 1 is 1.19 bits per heavy atom. The van der Waals surface area contributed by atoms with Crippen LogP contribution in [0.25, 0.3) is 0 Å². The normalized spacial score (nSPS) is 24.2. The molecule has 27 heavy (non-hydrogen) atoms. The lowest BCUT2D eigenvalue weighted by Gasteiger charge is -2.39. The number of rotatable bonds is 3. The van der Waals surface area contributed by atoms with Crippen LogP contribution >= 0.6 is 0 Å². The first-order chi connectivity index (χ1) is 12.9. The van der Waals surface area contributed by atoms with Gasteiger partial charge in [0.05, 0.1) is 0 Å². The number of aromatic amines is 1. The first kappa shape index (κ1) is 17.8. The van der Waals surface area contributed by atoms with E-state index in [1.807, 2.05) is 0 Å². The lowest BCUT2D eigenvalue weighted by atomic mass is 9.76. The fourth-order valence-corrected chi connectivity index (χ4v) is 4.38. The van der Waals surface area contributed by atoms with Crippen LogP contribution in [0, 0.1) is 11.3 Å². The number of piperidine rings is 1. The summed E-state index contributed by atoms with van der Waals surface area (Å²) in [5, 5.41) is 9.57. The average Bonchev–Trinajstić information content (AvgIpc) is 3.44. The van der Waals surface area contributed by atoms with E-state index >= 15 is 0 Å². The second kappa shape index (κ2) is 6.51. The summed E-state index contributed by atoms with van der Waals surface area (Å²) >= 11 is 0. The van der Waals surface area contributed by atoms with Crippen molar-refractivity contribution < 1.29 is 19.5 Å². The van der Waals surface area contributed by atoms with Gasteiger partial charge in [-0.25, -0.2) is 4.79 Å². The number of carbonyl (C=O) groups excluding carboxylic acids is 2. The highest BCUT2D eigenvalue weighted by Gasteiger charge is 2.52. The molecule has 3 heterocycles. The Kier molecular flexibility index (Phi) is 4.28. The van der Waals surface area contributed by atoms with Crippen LogP contribution in [-0.2, 0) is 9.59 Å². The molecule has 4 rings (SSSR count). The summed E-state index contributed by atoms with van der Waals surface area (Å²) in [6, 6.07) is 2.37. The SMILES string of the molecule is O=C(O)[C@@H]1CC2(CCN(C(=O)c3ccc[nH]c3=O)CC2)CN1C(=O)C1CC1. The van der Waals surface area contributed by atoms with Gasteiger partial charge in [0, 0.05) is 31.7 Å². The Balaban J connectivity index is 1.46. The van der Waals surface area contributed by atoms with Gasteiger partial charge in [0.25, 0.3) is 11.5 Å². The van der Waals surface area contributed by atoms with Gasteiger partial charge in [-0.3, -0.25) is 14.4 Å². The van der Waals surface area contributed by atoms with Crippen LogP contribution in [0.3, 0.4) is 0 Å². The Morgan fingerprint density at radius 3 is 2.48 bits per heavy atom. The Hall–Kier alpha value is -2.64. The molecule has 1 spiro atoms. The molecule has 1 aromatic heterocycles. The third-order valence-corrected chi connectivity index (χ3v) is 6.16. The van der Waals surface area contributed by atoms with E-state index in [1.165, 1.54) is 12.3 Å². The zero-order valence-corrected chi connectivity index (χ0v) is 15.0. The largest absolute Gasteiger partial charge is 0.480 e. The molecule has 3 aliphatic rings. The van der Waals surface area contributed by atoms with Crippen molar-refractivity contribution in [1.29, 1.82) is 0 Å². The standard InChI is InChI=1S/C19H23N3O5/c23-15-13(2-1-7-20-15)17(25)21-8-5-19(6-9-21)10-14(18(26)27)22(11-19)16(24)12-3-4-12/h1-2,7,12,14H,3-6,8-11H2,(H,20,23)(H,26,27)/t14-/m0/s1. The van der Waals surface area contributed by atoms with Gasteiger partial charge >= 0.3 is 5.97 Å². The fraction of sp³-hybridized carbons (Fsp3) is 0.579. The van der Waals surface area contributed by atoms with E-state index in [0.29, 0.717) is 38.9 Å². The number of carboxylic acids is 1. The number of hydrogen-bond donors (Lipinski definition) is 2. The minimum absolute atomic E-state index is 0.00604. The highest BCUT2D eigenvalue weighted by molar-refractivity contribution is 5.94. The molecule has 2 amide bonds. The number of nitrogens with zero attached hydrogens (tertiary/aromatic N) is 2. The van der Waals surface area contributed by atoms with E-state index in [2.05, 4.69) is 4.98 Å². The minimum Gasteiger partial charge on any atom is -0.480 e. The molecular weight excluding hydrogens is 350 g/mol. The summed E-state index contributed by atoms with van der Waals surface area (Å²) in [6.07, 6.45) is 4.91. The monoisotopic (exact) mass is 373 g/mol. The smallest absolute Gasteiger partial charge is 0.326 e. The van der Waals surface area contributed by atoms with Crippen LogP contribution in [0.1, 0.15) is 42.5 Å². The van der Waals surface area contributed by atoms with Crippen LogP contribution in [0.5, 0.6) is 0 Å². The number of aliphatic carboxylic acids is 1. The lowest BCUT2D eigenvalue weighted by Crippen LogP contribution is -2.46. The van der Waals surface area contributed by atoms with E-state index in [1.54, 1.807) is 15.9 Å². The molecule has 1 saturated carbocycles. The van der Waals surface area contributed by atoms with Gasteiger partial charge in [-0.1, -0.05) is 0 Å². The maximum atomic E-state index is 12.6. The van der Waals surface area contributed by atoms with Crippen LogP contribution in [0.15, 0.2) is 23.1 Å². The van der Waals surface area contributed by atoms with Crippen molar-refractivity contribution in [1.82, 2.24) is 14.8 Å². The number of amides is 2. The maximum absolute atomic E-state index is 12.6. The molecule has 0 radical (unpaired) electrons. The Labute approximate surface area is 156 Å². The Bertz CT molecular complexity index is 836. The molecule has 1 aromatic rings. The van der Waals surface area contributed by atoms with Gasteiger partial charge < -0.3 is 19.9 Å². The van der Waals surface area contributed by atoms with Gasteiger partial charge in [-0.2, -0.15) is 0 Å². The highest BCUT2D eigenvalue weighted by Crippen LogP contribution is 2.45. The number of carbonyl (C=O) groups is 3.